The standard InChI is InChI=1S/C12H12F3N5O2S/c13-12(14,15)10-3-5-17-11(20-10)18-6-7-19-23(21,22)9-2-1-4-16-8-9/h1-5,8,19H,6-7H2,(H,17,18,20). The molecule has 124 valence electrons. The summed E-state index contributed by atoms with van der Waals surface area (Å²) in [4.78, 5) is 10.6. The summed E-state index contributed by atoms with van der Waals surface area (Å²) in [6.45, 7) is -0.0440. The number of nitrogens with zero attached hydrogens (tertiary/aromatic N) is 3. The number of nitrogens with one attached hydrogen (secondary N) is 2. The molecule has 0 unspecified atom stereocenters. The van der Waals surface area contributed by atoms with Crippen LogP contribution in [-0.2, 0) is 16.2 Å². The summed E-state index contributed by atoms with van der Waals surface area (Å²) in [5, 5.41) is 2.52. The monoisotopic (exact) mass is 347 g/mol. The van der Waals surface area contributed by atoms with Crippen LogP contribution >= 0.6 is 0 Å². The van der Waals surface area contributed by atoms with Gasteiger partial charge in [-0.05, 0) is 18.2 Å². The van der Waals surface area contributed by atoms with E-state index in [1.807, 2.05) is 0 Å². The van der Waals surface area contributed by atoms with Crippen LogP contribution < -0.4 is 10.0 Å². The van der Waals surface area contributed by atoms with Gasteiger partial charge in [0.2, 0.25) is 16.0 Å². The fourth-order valence-electron chi connectivity index (χ4n) is 1.55. The van der Waals surface area contributed by atoms with Crippen molar-refractivity contribution in [2.75, 3.05) is 18.4 Å². The van der Waals surface area contributed by atoms with Gasteiger partial charge in [-0.3, -0.25) is 4.98 Å². The summed E-state index contributed by atoms with van der Waals surface area (Å²) < 4.78 is 63.5. The molecule has 0 aliphatic rings. The molecule has 23 heavy (non-hydrogen) atoms. The third-order valence-corrected chi connectivity index (χ3v) is 4.04. The predicted octanol–water partition coefficient (Wildman–Crippen LogP) is 1.28. The summed E-state index contributed by atoms with van der Waals surface area (Å²) in [6.07, 6.45) is -0.976. The maximum atomic E-state index is 12.5. The summed E-state index contributed by atoms with van der Waals surface area (Å²) in [5.74, 6) is -0.236. The van der Waals surface area contributed by atoms with E-state index < -0.39 is 21.9 Å². The summed E-state index contributed by atoms with van der Waals surface area (Å²) in [7, 11) is -3.72. The van der Waals surface area contributed by atoms with Crippen molar-refractivity contribution in [1.82, 2.24) is 19.7 Å². The number of anilines is 1. The zero-order valence-electron chi connectivity index (χ0n) is 11.6. The molecule has 0 bridgehead atoms. The minimum Gasteiger partial charge on any atom is -0.353 e. The number of hydrogen-bond acceptors (Lipinski definition) is 6. The van der Waals surface area contributed by atoms with Crippen molar-refractivity contribution < 1.29 is 21.6 Å². The van der Waals surface area contributed by atoms with Crippen LogP contribution in [0.1, 0.15) is 5.69 Å². The number of hydrogen-bond donors (Lipinski definition) is 2. The topological polar surface area (TPSA) is 96.9 Å². The molecule has 7 nitrogen and oxygen atoms in total. The van der Waals surface area contributed by atoms with Crippen LogP contribution in [0.15, 0.2) is 41.7 Å². The van der Waals surface area contributed by atoms with Crippen LogP contribution in [0.25, 0.3) is 0 Å². The molecule has 2 N–H and O–H groups in total. The molecule has 0 atom stereocenters. The molecule has 0 saturated heterocycles. The van der Waals surface area contributed by atoms with Gasteiger partial charge in [-0.25, -0.2) is 23.1 Å². The van der Waals surface area contributed by atoms with Crippen LogP contribution in [0.4, 0.5) is 19.1 Å². The second kappa shape index (κ2) is 6.87. The van der Waals surface area contributed by atoms with Gasteiger partial charge in [0.05, 0.1) is 0 Å². The lowest BCUT2D eigenvalue weighted by atomic mass is 10.4. The van der Waals surface area contributed by atoms with E-state index >= 15 is 0 Å². The van der Waals surface area contributed by atoms with Gasteiger partial charge in [0, 0.05) is 31.7 Å². The zero-order valence-corrected chi connectivity index (χ0v) is 12.4. The molecule has 0 aliphatic carbocycles. The minimum atomic E-state index is -4.57. The van der Waals surface area contributed by atoms with E-state index in [9.17, 15) is 21.6 Å². The predicted molar refractivity (Wildman–Crippen MR) is 74.9 cm³/mol. The highest BCUT2D eigenvalue weighted by atomic mass is 32.2. The lowest BCUT2D eigenvalue weighted by Crippen LogP contribution is -2.29. The number of alkyl halides is 3. The van der Waals surface area contributed by atoms with Crippen molar-refractivity contribution in [3.05, 3.63) is 42.5 Å². The van der Waals surface area contributed by atoms with Crippen LogP contribution in [0.2, 0.25) is 0 Å². The van der Waals surface area contributed by atoms with Gasteiger partial charge < -0.3 is 5.32 Å². The lowest BCUT2D eigenvalue weighted by Gasteiger charge is -2.09. The van der Waals surface area contributed by atoms with E-state index in [4.69, 9.17) is 0 Å². The van der Waals surface area contributed by atoms with Crippen molar-refractivity contribution >= 4 is 16.0 Å². The summed E-state index contributed by atoms with van der Waals surface area (Å²) in [6, 6.07) is 3.60. The van der Waals surface area contributed by atoms with E-state index in [1.54, 1.807) is 0 Å². The Hall–Kier alpha value is -2.27. The number of pyridine rings is 1. The first-order valence-electron chi connectivity index (χ1n) is 6.33. The van der Waals surface area contributed by atoms with Gasteiger partial charge in [0.1, 0.15) is 10.6 Å². The smallest absolute Gasteiger partial charge is 0.353 e. The van der Waals surface area contributed by atoms with Crippen LogP contribution in [0, 0.1) is 0 Å². The van der Waals surface area contributed by atoms with E-state index in [1.165, 1.54) is 24.5 Å². The van der Waals surface area contributed by atoms with Crippen molar-refractivity contribution in [1.29, 1.82) is 0 Å². The molecule has 0 saturated carbocycles. The maximum absolute atomic E-state index is 12.5. The molecule has 2 aromatic heterocycles. The SMILES string of the molecule is O=S(=O)(NCCNc1nccc(C(F)(F)F)n1)c1cccnc1. The number of rotatable bonds is 6. The number of sulfonamides is 1. The van der Waals surface area contributed by atoms with Gasteiger partial charge in [-0.15, -0.1) is 0 Å². The van der Waals surface area contributed by atoms with Crippen LogP contribution in [0.5, 0.6) is 0 Å². The zero-order chi connectivity index (χ0) is 16.9. The quantitative estimate of drug-likeness (QED) is 0.764. The molecule has 0 aliphatic heterocycles. The van der Waals surface area contributed by atoms with Gasteiger partial charge >= 0.3 is 6.18 Å². The molecule has 2 rings (SSSR count). The first kappa shape index (κ1) is 17.1. The fraction of sp³-hybridized carbons (Fsp3) is 0.250. The normalized spacial score (nSPS) is 12.1. The lowest BCUT2D eigenvalue weighted by molar-refractivity contribution is -0.141. The van der Waals surface area contributed by atoms with Crippen LogP contribution in [0.3, 0.4) is 0 Å². The minimum absolute atomic E-state index is 0.00433. The number of aromatic nitrogens is 3. The van der Waals surface area contributed by atoms with E-state index in [0.717, 1.165) is 12.3 Å². The van der Waals surface area contributed by atoms with E-state index in [0.29, 0.717) is 0 Å². The Morgan fingerprint density at radius 2 is 1.91 bits per heavy atom. The molecule has 11 heteroatoms. The Balaban J connectivity index is 1.89. The average Bonchev–Trinajstić information content (AvgIpc) is 2.52. The van der Waals surface area contributed by atoms with Crippen molar-refractivity contribution in [2.45, 2.75) is 11.1 Å². The Labute approximate surface area is 130 Å². The van der Waals surface area contributed by atoms with Crippen molar-refractivity contribution in [3.8, 4) is 0 Å². The van der Waals surface area contributed by atoms with Gasteiger partial charge in [-0.1, -0.05) is 0 Å². The molecular weight excluding hydrogens is 335 g/mol. The maximum Gasteiger partial charge on any atom is 0.433 e. The second-order valence-electron chi connectivity index (χ2n) is 4.28. The highest BCUT2D eigenvalue weighted by Crippen LogP contribution is 2.27. The van der Waals surface area contributed by atoms with Gasteiger partial charge in [-0.2, -0.15) is 13.2 Å². The Morgan fingerprint density at radius 3 is 2.57 bits per heavy atom. The van der Waals surface area contributed by atoms with Gasteiger partial charge in [0.25, 0.3) is 0 Å². The first-order chi connectivity index (χ1) is 10.8. The molecule has 0 fully saturated rings. The Kier molecular flexibility index (Phi) is 5.11. The molecule has 0 aromatic carbocycles. The largest absolute Gasteiger partial charge is 0.433 e. The Morgan fingerprint density at radius 1 is 1.13 bits per heavy atom. The molecule has 0 amide bonds. The van der Waals surface area contributed by atoms with Crippen molar-refractivity contribution in [3.63, 3.8) is 0 Å². The highest BCUT2D eigenvalue weighted by Gasteiger charge is 2.32. The molecule has 0 spiro atoms. The summed E-state index contributed by atoms with van der Waals surface area (Å²) >= 11 is 0. The summed E-state index contributed by atoms with van der Waals surface area (Å²) in [5.41, 5.74) is -1.08. The second-order valence-corrected chi connectivity index (χ2v) is 6.04. The Bertz CT molecular complexity index is 753. The fourth-order valence-corrected chi connectivity index (χ4v) is 2.55. The van der Waals surface area contributed by atoms with Crippen molar-refractivity contribution in [2.24, 2.45) is 0 Å². The first-order valence-corrected chi connectivity index (χ1v) is 7.81. The third kappa shape index (κ3) is 4.86. The third-order valence-electron chi connectivity index (χ3n) is 2.59. The molecule has 2 aromatic rings. The van der Waals surface area contributed by atoms with Gasteiger partial charge in [0.15, 0.2) is 0 Å². The van der Waals surface area contributed by atoms with E-state index in [-0.39, 0.29) is 23.9 Å². The van der Waals surface area contributed by atoms with E-state index in [2.05, 4.69) is 25.0 Å². The number of halogens is 3. The van der Waals surface area contributed by atoms with Crippen LogP contribution in [-0.4, -0.2) is 36.5 Å². The average molecular weight is 347 g/mol. The molecular formula is C12H12F3N5O2S. The molecule has 2 heterocycles. The highest BCUT2D eigenvalue weighted by molar-refractivity contribution is 7.89. The molecule has 0 radical (unpaired) electrons.